The average molecular weight is 295 g/mol. The minimum absolute atomic E-state index is 0.673. The molecule has 94 valence electrons. The van der Waals surface area contributed by atoms with Gasteiger partial charge in [0.1, 0.15) is 3.74 Å². The first kappa shape index (κ1) is 13.4. The number of rotatable bonds is 3. The van der Waals surface area contributed by atoms with Gasteiger partial charge in [-0.25, -0.2) is 0 Å². The summed E-state index contributed by atoms with van der Waals surface area (Å²) in [5.41, 5.74) is 1.10. The largest absolute Gasteiger partial charge is 0.182 e. The van der Waals surface area contributed by atoms with Crippen molar-refractivity contribution in [1.29, 1.82) is 0 Å². The van der Waals surface area contributed by atoms with Gasteiger partial charge in [-0.3, -0.25) is 0 Å². The molecule has 0 amide bonds. The second-order valence-electron chi connectivity index (χ2n) is 3.49. The Morgan fingerprint density at radius 2 is 2.06 bits per heavy atom. The molecule has 1 aliphatic heterocycles. The van der Waals surface area contributed by atoms with Crippen LogP contribution in [-0.4, -0.2) is 4.20 Å². The number of hydrogen-bond acceptors (Lipinski definition) is 5. The van der Waals surface area contributed by atoms with Gasteiger partial charge in [0.15, 0.2) is 10.8 Å². The van der Waals surface area contributed by atoms with E-state index in [0.29, 0.717) is 6.42 Å². The highest BCUT2D eigenvalue weighted by Crippen LogP contribution is 2.49. The highest BCUT2D eigenvalue weighted by Gasteiger charge is 2.32. The van der Waals surface area contributed by atoms with Crippen molar-refractivity contribution in [3.05, 3.63) is 23.8 Å². The van der Waals surface area contributed by atoms with Crippen LogP contribution in [0.2, 0.25) is 0 Å². The third-order valence-electron chi connectivity index (χ3n) is 2.16. The molecule has 2 rings (SSSR count). The van der Waals surface area contributed by atoms with Gasteiger partial charge in [-0.1, -0.05) is 24.8 Å². The van der Waals surface area contributed by atoms with Crippen LogP contribution in [0.3, 0.4) is 0 Å². The molecule has 0 aliphatic carbocycles. The van der Waals surface area contributed by atoms with E-state index in [9.17, 15) is 14.0 Å². The monoisotopic (exact) mass is 294 g/mol. The van der Waals surface area contributed by atoms with E-state index in [2.05, 4.69) is 3.74 Å². The molecule has 1 heterocycles. The van der Waals surface area contributed by atoms with E-state index in [0.717, 1.165) is 19.6 Å². The molecule has 1 aromatic carbocycles. The second-order valence-corrected chi connectivity index (χ2v) is 7.61. The molecule has 0 radical (unpaired) electrons. The van der Waals surface area contributed by atoms with Crippen LogP contribution < -0.4 is 14.0 Å². The summed E-state index contributed by atoms with van der Waals surface area (Å²) in [4.78, 5) is 1.76. The van der Waals surface area contributed by atoms with Gasteiger partial charge in [0, 0.05) is 4.90 Å². The maximum absolute atomic E-state index is 10.7. The lowest BCUT2D eigenvalue weighted by molar-refractivity contribution is -1.91. The van der Waals surface area contributed by atoms with E-state index in [-0.39, 0.29) is 0 Å². The molecule has 4 nitrogen and oxygen atoms in total. The molecule has 17 heavy (non-hydrogen) atoms. The summed E-state index contributed by atoms with van der Waals surface area (Å²) in [6, 6.07) is 5.68. The first-order valence-electron chi connectivity index (χ1n) is 4.90. The molecule has 1 unspecified atom stereocenters. The average Bonchev–Trinajstić information content (AvgIpc) is 2.53. The summed E-state index contributed by atoms with van der Waals surface area (Å²) in [5.74, 6) is 0. The lowest BCUT2D eigenvalue weighted by Crippen LogP contribution is -2.60. The second kappa shape index (κ2) is 4.89. The van der Waals surface area contributed by atoms with Crippen LogP contribution in [0.5, 0.6) is 0 Å². The van der Waals surface area contributed by atoms with E-state index in [1.807, 2.05) is 32.0 Å². The van der Waals surface area contributed by atoms with Crippen LogP contribution in [0.15, 0.2) is 28.0 Å². The van der Waals surface area contributed by atoms with Gasteiger partial charge in [-0.2, -0.15) is 14.0 Å². The summed E-state index contributed by atoms with van der Waals surface area (Å²) in [6.07, 6.45) is 0.673. The van der Waals surface area contributed by atoms with E-state index in [4.69, 9.17) is 0 Å². The van der Waals surface area contributed by atoms with Crippen LogP contribution in [0.4, 0.5) is 0 Å². The molecule has 1 aromatic rings. The van der Waals surface area contributed by atoms with Crippen LogP contribution in [0.1, 0.15) is 18.9 Å². The van der Waals surface area contributed by atoms with Gasteiger partial charge in [0.2, 0.25) is 0 Å². The van der Waals surface area contributed by atoms with E-state index in [1.165, 1.54) is 11.8 Å². The SMILES string of the molecule is CCC1=S(O[Cl+3]([O-])([O-])[O-])c2ccc(C)cc2S1. The molecule has 0 aromatic heterocycles. The fourth-order valence-corrected chi connectivity index (χ4v) is 5.82. The Morgan fingerprint density at radius 3 is 2.65 bits per heavy atom. The zero-order valence-electron chi connectivity index (χ0n) is 9.27. The van der Waals surface area contributed by atoms with Crippen molar-refractivity contribution in [1.82, 2.24) is 0 Å². The number of halogens is 1. The zero-order chi connectivity index (χ0) is 12.6. The minimum Gasteiger partial charge on any atom is -0.182 e. The number of benzene rings is 1. The molecule has 7 heteroatoms. The summed E-state index contributed by atoms with van der Waals surface area (Å²) in [5, 5.41) is 0. The smallest absolute Gasteiger partial charge is 0.150 e. The van der Waals surface area contributed by atoms with Crippen molar-refractivity contribution in [2.45, 2.75) is 30.1 Å². The predicted octanol–water partition coefficient (Wildman–Crippen LogP) is 0.0973. The van der Waals surface area contributed by atoms with Crippen LogP contribution in [-0.2, 0) is 3.74 Å². The third-order valence-corrected chi connectivity index (χ3v) is 6.64. The molecule has 0 N–H and O–H groups in total. The van der Waals surface area contributed by atoms with Crippen molar-refractivity contribution in [2.24, 2.45) is 0 Å². The summed E-state index contributed by atoms with van der Waals surface area (Å²) in [7, 11) is -5.45. The zero-order valence-corrected chi connectivity index (χ0v) is 11.7. The van der Waals surface area contributed by atoms with E-state index >= 15 is 0 Å². The third kappa shape index (κ3) is 3.03. The number of fused-ring (bicyclic) bond motifs is 1. The molecule has 0 saturated carbocycles. The van der Waals surface area contributed by atoms with Crippen molar-refractivity contribution < 1.29 is 28.0 Å². The van der Waals surface area contributed by atoms with Crippen molar-refractivity contribution in [3.63, 3.8) is 0 Å². The van der Waals surface area contributed by atoms with Crippen molar-refractivity contribution in [3.8, 4) is 0 Å². The first-order chi connectivity index (χ1) is 7.90. The van der Waals surface area contributed by atoms with Crippen LogP contribution in [0, 0.1) is 17.2 Å². The maximum atomic E-state index is 10.7. The highest BCUT2D eigenvalue weighted by atomic mass is 35.7. The topological polar surface area (TPSA) is 78.4 Å². The van der Waals surface area contributed by atoms with Crippen molar-refractivity contribution >= 4 is 26.7 Å². The Hall–Kier alpha value is -0.0800. The normalized spacial score (nSPS) is 19.6. The van der Waals surface area contributed by atoms with Gasteiger partial charge in [-0.15, -0.1) is 0 Å². The summed E-state index contributed by atoms with van der Waals surface area (Å²) < 4.78 is 37.6. The number of thioether (sulfide) groups is 1. The number of hydrogen-bond donors (Lipinski definition) is 0. The van der Waals surface area contributed by atoms with Gasteiger partial charge in [0.25, 0.3) is 0 Å². The Balaban J connectivity index is 2.41. The van der Waals surface area contributed by atoms with Gasteiger partial charge >= 0.3 is 0 Å². The molecule has 0 bridgehead atoms. The molecular weight excluding hydrogens is 284 g/mol. The van der Waals surface area contributed by atoms with E-state index in [1.54, 1.807) is 0 Å². The predicted molar refractivity (Wildman–Crippen MR) is 59.3 cm³/mol. The fraction of sp³-hybridized carbons (Fsp3) is 0.300. The van der Waals surface area contributed by atoms with Gasteiger partial charge in [0.05, 0.1) is 19.3 Å². The summed E-state index contributed by atoms with van der Waals surface area (Å²) >= 11 is 1.50. The molecule has 1 aliphatic rings. The van der Waals surface area contributed by atoms with Crippen molar-refractivity contribution in [2.75, 3.05) is 0 Å². The molecule has 0 spiro atoms. The lowest BCUT2D eigenvalue weighted by atomic mass is 10.2. The maximum Gasteiger partial charge on any atom is 0.150 e. The molecule has 0 saturated heterocycles. The van der Waals surface area contributed by atoms with Crippen LogP contribution in [0.25, 0.3) is 0 Å². The Bertz CT molecular complexity index is 482. The lowest BCUT2D eigenvalue weighted by Gasteiger charge is -2.13. The minimum atomic E-state index is -4.40. The Morgan fingerprint density at radius 1 is 1.35 bits per heavy atom. The van der Waals surface area contributed by atoms with E-state index < -0.39 is 21.0 Å². The van der Waals surface area contributed by atoms with Gasteiger partial charge < -0.3 is 0 Å². The molecule has 0 fully saturated rings. The molecule has 1 atom stereocenters. The Labute approximate surface area is 108 Å². The Kier molecular flexibility index (Phi) is 3.84. The quantitative estimate of drug-likeness (QED) is 0.739. The first-order valence-corrected chi connectivity index (χ1v) is 8.10. The summed E-state index contributed by atoms with van der Waals surface area (Å²) in [6.45, 7) is 3.88. The van der Waals surface area contributed by atoms with Crippen LogP contribution >= 0.6 is 22.5 Å². The fourth-order valence-electron chi connectivity index (χ4n) is 1.48. The highest BCUT2D eigenvalue weighted by molar-refractivity contribution is 8.34. The standard InChI is InChI=1S/C10H11ClO4S2/c1-3-10-16-8-6-7(2)4-5-9(8)17(10)15-11(12,13)14/h4-6H,3H2,1-2H3. The molecular formula is C10H11ClO4S2. The number of aryl methyl sites for hydroxylation is 1. The van der Waals surface area contributed by atoms with Gasteiger partial charge in [-0.05, 0) is 31.0 Å².